The standard InChI is InChI=1S/C11H12N2/c12-8-11-6-7-13(11)9-10-4-2-1-3-5-10/h1-5,11H,6-7,9H2. The monoisotopic (exact) mass is 172 g/mol. The Morgan fingerprint density at radius 1 is 1.38 bits per heavy atom. The minimum Gasteiger partial charge on any atom is -0.284 e. The van der Waals surface area contributed by atoms with Gasteiger partial charge in [-0.05, 0) is 12.0 Å². The van der Waals surface area contributed by atoms with Gasteiger partial charge in [0.05, 0.1) is 12.1 Å². The van der Waals surface area contributed by atoms with E-state index in [1.807, 2.05) is 18.2 Å². The molecular weight excluding hydrogens is 160 g/mol. The van der Waals surface area contributed by atoms with Crippen LogP contribution in [0.4, 0.5) is 0 Å². The highest BCUT2D eigenvalue weighted by Gasteiger charge is 2.26. The van der Waals surface area contributed by atoms with Gasteiger partial charge >= 0.3 is 0 Å². The van der Waals surface area contributed by atoms with E-state index < -0.39 is 0 Å². The third-order valence-electron chi connectivity index (χ3n) is 2.51. The Morgan fingerprint density at radius 3 is 2.69 bits per heavy atom. The van der Waals surface area contributed by atoms with Crippen molar-refractivity contribution in [2.24, 2.45) is 0 Å². The molecule has 0 aliphatic carbocycles. The molecule has 1 aromatic carbocycles. The van der Waals surface area contributed by atoms with E-state index >= 15 is 0 Å². The Labute approximate surface area is 78.4 Å². The first-order valence-corrected chi connectivity index (χ1v) is 4.58. The Hall–Kier alpha value is -1.33. The predicted molar refractivity (Wildman–Crippen MR) is 50.9 cm³/mol. The molecule has 0 bridgehead atoms. The zero-order chi connectivity index (χ0) is 9.10. The zero-order valence-corrected chi connectivity index (χ0v) is 7.48. The molecule has 2 heteroatoms. The Bertz CT molecular complexity index is 313. The smallest absolute Gasteiger partial charge is 0.0993 e. The fourth-order valence-electron chi connectivity index (χ4n) is 1.59. The van der Waals surface area contributed by atoms with Crippen LogP contribution in [0.2, 0.25) is 0 Å². The van der Waals surface area contributed by atoms with E-state index in [2.05, 4.69) is 23.1 Å². The largest absolute Gasteiger partial charge is 0.284 e. The van der Waals surface area contributed by atoms with E-state index in [1.54, 1.807) is 0 Å². The molecule has 0 amide bonds. The number of benzene rings is 1. The molecule has 1 aliphatic rings. The highest BCUT2D eigenvalue weighted by atomic mass is 15.2. The molecule has 1 aromatic rings. The molecule has 1 heterocycles. The first kappa shape index (κ1) is 8.28. The molecule has 1 fully saturated rings. The van der Waals surface area contributed by atoms with Gasteiger partial charge in [-0.3, -0.25) is 4.90 Å². The van der Waals surface area contributed by atoms with E-state index in [9.17, 15) is 0 Å². The van der Waals surface area contributed by atoms with Crippen molar-refractivity contribution in [3.63, 3.8) is 0 Å². The fourth-order valence-corrected chi connectivity index (χ4v) is 1.59. The lowest BCUT2D eigenvalue weighted by Crippen LogP contribution is -2.45. The molecule has 0 aromatic heterocycles. The fraction of sp³-hybridized carbons (Fsp3) is 0.364. The summed E-state index contributed by atoms with van der Waals surface area (Å²) in [6.07, 6.45) is 1.03. The van der Waals surface area contributed by atoms with Crippen molar-refractivity contribution in [2.75, 3.05) is 6.54 Å². The van der Waals surface area contributed by atoms with Gasteiger partial charge in [-0.2, -0.15) is 5.26 Å². The number of hydrogen-bond donors (Lipinski definition) is 0. The third-order valence-corrected chi connectivity index (χ3v) is 2.51. The highest BCUT2D eigenvalue weighted by Crippen LogP contribution is 2.19. The molecule has 66 valence electrons. The second-order valence-corrected chi connectivity index (χ2v) is 3.39. The van der Waals surface area contributed by atoms with Crippen molar-refractivity contribution < 1.29 is 0 Å². The number of likely N-dealkylation sites (tertiary alicyclic amines) is 1. The second-order valence-electron chi connectivity index (χ2n) is 3.39. The molecule has 2 rings (SSSR count). The van der Waals surface area contributed by atoms with Gasteiger partial charge in [-0.15, -0.1) is 0 Å². The molecule has 0 N–H and O–H groups in total. The van der Waals surface area contributed by atoms with Gasteiger partial charge in [0.25, 0.3) is 0 Å². The Morgan fingerprint density at radius 2 is 2.15 bits per heavy atom. The highest BCUT2D eigenvalue weighted by molar-refractivity contribution is 5.16. The van der Waals surface area contributed by atoms with Crippen LogP contribution >= 0.6 is 0 Å². The Kier molecular flexibility index (Phi) is 2.29. The number of nitriles is 1. The SMILES string of the molecule is N#CC1CCN1Cc1ccccc1. The maximum Gasteiger partial charge on any atom is 0.0993 e. The number of hydrogen-bond acceptors (Lipinski definition) is 2. The summed E-state index contributed by atoms with van der Waals surface area (Å²) in [6.45, 7) is 1.98. The van der Waals surface area contributed by atoms with Crippen LogP contribution in [0.15, 0.2) is 30.3 Å². The summed E-state index contributed by atoms with van der Waals surface area (Å²) in [5, 5.41) is 8.74. The quantitative estimate of drug-likeness (QED) is 0.680. The van der Waals surface area contributed by atoms with Crippen molar-refractivity contribution in [3.05, 3.63) is 35.9 Å². The summed E-state index contributed by atoms with van der Waals surface area (Å²) >= 11 is 0. The van der Waals surface area contributed by atoms with Gasteiger partial charge in [-0.1, -0.05) is 30.3 Å². The summed E-state index contributed by atoms with van der Waals surface area (Å²) < 4.78 is 0. The average Bonchev–Trinajstić information content (AvgIpc) is 2.15. The maximum absolute atomic E-state index is 8.74. The van der Waals surface area contributed by atoms with Gasteiger partial charge in [0, 0.05) is 13.1 Å². The number of rotatable bonds is 2. The van der Waals surface area contributed by atoms with Crippen molar-refractivity contribution in [3.8, 4) is 6.07 Å². The number of nitrogens with zero attached hydrogens (tertiary/aromatic N) is 2. The van der Waals surface area contributed by atoms with E-state index in [4.69, 9.17) is 5.26 Å². The first-order valence-electron chi connectivity index (χ1n) is 4.58. The van der Waals surface area contributed by atoms with Crippen molar-refractivity contribution >= 4 is 0 Å². The van der Waals surface area contributed by atoms with E-state index in [-0.39, 0.29) is 6.04 Å². The van der Waals surface area contributed by atoms with Crippen molar-refractivity contribution in [1.29, 1.82) is 5.26 Å². The van der Waals surface area contributed by atoms with Crippen LogP contribution < -0.4 is 0 Å². The summed E-state index contributed by atoms with van der Waals surface area (Å²) in [6, 6.07) is 12.8. The van der Waals surface area contributed by atoms with Gasteiger partial charge < -0.3 is 0 Å². The van der Waals surface area contributed by atoms with Crippen LogP contribution in [0.25, 0.3) is 0 Å². The summed E-state index contributed by atoms with van der Waals surface area (Å²) in [7, 11) is 0. The van der Waals surface area contributed by atoms with Crippen molar-refractivity contribution in [2.45, 2.75) is 19.0 Å². The first-order chi connectivity index (χ1) is 6.40. The lowest BCUT2D eigenvalue weighted by molar-refractivity contribution is 0.122. The zero-order valence-electron chi connectivity index (χ0n) is 7.48. The minimum atomic E-state index is 0.153. The van der Waals surface area contributed by atoms with E-state index in [1.165, 1.54) is 5.56 Å². The molecule has 0 spiro atoms. The summed E-state index contributed by atoms with van der Waals surface area (Å²) in [5.74, 6) is 0. The molecule has 1 unspecified atom stereocenters. The van der Waals surface area contributed by atoms with Gasteiger partial charge in [0.15, 0.2) is 0 Å². The summed E-state index contributed by atoms with van der Waals surface area (Å²) in [5.41, 5.74) is 1.29. The molecule has 0 saturated carbocycles. The van der Waals surface area contributed by atoms with E-state index in [0.29, 0.717) is 0 Å². The van der Waals surface area contributed by atoms with Crippen molar-refractivity contribution in [1.82, 2.24) is 4.90 Å². The molecule has 1 atom stereocenters. The van der Waals surface area contributed by atoms with Crippen LogP contribution in [-0.2, 0) is 6.54 Å². The molecular formula is C11H12N2. The maximum atomic E-state index is 8.74. The second kappa shape index (κ2) is 3.59. The molecule has 0 radical (unpaired) electrons. The van der Waals surface area contributed by atoms with Gasteiger partial charge in [-0.25, -0.2) is 0 Å². The van der Waals surface area contributed by atoms with Gasteiger partial charge in [0.1, 0.15) is 0 Å². The molecule has 1 saturated heterocycles. The van der Waals surface area contributed by atoms with Crippen LogP contribution in [0, 0.1) is 11.3 Å². The molecule has 2 nitrogen and oxygen atoms in total. The lowest BCUT2D eigenvalue weighted by atomic mass is 10.0. The average molecular weight is 172 g/mol. The van der Waals surface area contributed by atoms with Crippen LogP contribution in [0.5, 0.6) is 0 Å². The lowest BCUT2D eigenvalue weighted by Gasteiger charge is -2.36. The van der Waals surface area contributed by atoms with E-state index in [0.717, 1.165) is 19.5 Å². The van der Waals surface area contributed by atoms with Crippen LogP contribution in [-0.4, -0.2) is 17.5 Å². The predicted octanol–water partition coefficient (Wildman–Crippen LogP) is 1.78. The third kappa shape index (κ3) is 1.71. The van der Waals surface area contributed by atoms with Crippen LogP contribution in [0.1, 0.15) is 12.0 Å². The molecule has 13 heavy (non-hydrogen) atoms. The normalized spacial score (nSPS) is 21.9. The van der Waals surface area contributed by atoms with Gasteiger partial charge in [0.2, 0.25) is 0 Å². The molecule has 1 aliphatic heterocycles. The topological polar surface area (TPSA) is 27.0 Å². The summed E-state index contributed by atoms with van der Waals surface area (Å²) in [4.78, 5) is 2.20. The minimum absolute atomic E-state index is 0.153. The Balaban J connectivity index is 1.96. The van der Waals surface area contributed by atoms with Crippen LogP contribution in [0.3, 0.4) is 0 Å².